The fourth-order valence-corrected chi connectivity index (χ4v) is 2.78. The fourth-order valence-electron chi connectivity index (χ4n) is 2.78. The van der Waals surface area contributed by atoms with Gasteiger partial charge in [-0.05, 0) is 32.9 Å². The summed E-state index contributed by atoms with van der Waals surface area (Å²) in [6.45, 7) is 8.77. The Morgan fingerprint density at radius 2 is 2.20 bits per heavy atom. The van der Waals surface area contributed by atoms with Gasteiger partial charge in [0.15, 0.2) is 0 Å². The Balaban J connectivity index is 0.00000180. The first-order chi connectivity index (χ1) is 8.70. The van der Waals surface area contributed by atoms with E-state index in [1.807, 2.05) is 6.92 Å². The van der Waals surface area contributed by atoms with Crippen LogP contribution in [0.15, 0.2) is 0 Å². The summed E-state index contributed by atoms with van der Waals surface area (Å²) in [4.78, 5) is 14.6. The Labute approximate surface area is 134 Å². The molecule has 0 radical (unpaired) electrons. The molecule has 2 aliphatic rings. The molecular formula is C13H27Cl2N3O2. The van der Waals surface area contributed by atoms with Crippen molar-refractivity contribution in [2.24, 2.45) is 0 Å². The Bertz CT molecular complexity index is 295. The van der Waals surface area contributed by atoms with E-state index in [2.05, 4.69) is 22.5 Å². The first kappa shape index (κ1) is 19.9. The molecule has 20 heavy (non-hydrogen) atoms. The molecule has 2 rings (SSSR count). The molecule has 0 aliphatic carbocycles. The van der Waals surface area contributed by atoms with Gasteiger partial charge in [-0.15, -0.1) is 24.8 Å². The largest absolute Gasteiger partial charge is 0.375 e. The van der Waals surface area contributed by atoms with Gasteiger partial charge >= 0.3 is 0 Å². The number of nitrogens with zero attached hydrogens (tertiary/aromatic N) is 1. The number of halogens is 2. The van der Waals surface area contributed by atoms with Gasteiger partial charge < -0.3 is 20.3 Å². The second-order valence-electron chi connectivity index (χ2n) is 5.25. The molecule has 0 saturated carbocycles. The molecule has 0 aromatic rings. The summed E-state index contributed by atoms with van der Waals surface area (Å²) in [5, 5.41) is 6.39. The van der Waals surface area contributed by atoms with Crippen molar-refractivity contribution in [2.75, 3.05) is 32.8 Å². The van der Waals surface area contributed by atoms with E-state index in [1.54, 1.807) is 0 Å². The average Bonchev–Trinajstić information content (AvgIpc) is 2.39. The minimum Gasteiger partial charge on any atom is -0.375 e. The number of nitrogens with one attached hydrogen (secondary N) is 2. The Kier molecular flexibility index (Phi) is 9.76. The van der Waals surface area contributed by atoms with Crippen molar-refractivity contribution < 1.29 is 9.53 Å². The lowest BCUT2D eigenvalue weighted by Crippen LogP contribution is -2.58. The summed E-state index contributed by atoms with van der Waals surface area (Å²) in [5.74, 6) is 0.0881. The molecule has 3 atom stereocenters. The smallest absolute Gasteiger partial charge is 0.240 e. The molecule has 2 aliphatic heterocycles. The lowest BCUT2D eigenvalue weighted by molar-refractivity contribution is -0.130. The van der Waals surface area contributed by atoms with E-state index < -0.39 is 0 Å². The van der Waals surface area contributed by atoms with Crippen molar-refractivity contribution in [2.45, 2.75) is 44.9 Å². The number of likely N-dealkylation sites (tertiary alicyclic amines) is 1. The second kappa shape index (κ2) is 9.79. The molecule has 2 fully saturated rings. The number of carbonyl (C=O) groups excluding carboxylic acids is 1. The standard InChI is InChI=1S/C13H25N3O2.2ClH/c1-3-16-7-4-5-11(9-16)15-13(17)12-10(2)18-8-6-14-12;;/h10-12,14H,3-9H2,1-2H3,(H,15,17);2*1H/t10-,11?,12+;;/m1../s1. The zero-order chi connectivity index (χ0) is 13.0. The van der Waals surface area contributed by atoms with Crippen molar-refractivity contribution in [3.05, 3.63) is 0 Å². The maximum absolute atomic E-state index is 12.2. The van der Waals surface area contributed by atoms with E-state index in [0.717, 1.165) is 32.6 Å². The summed E-state index contributed by atoms with van der Waals surface area (Å²) in [6.07, 6.45) is 2.22. The third-order valence-electron chi connectivity index (χ3n) is 3.90. The van der Waals surface area contributed by atoms with Crippen LogP contribution < -0.4 is 10.6 Å². The van der Waals surface area contributed by atoms with Gasteiger partial charge in [0.25, 0.3) is 0 Å². The van der Waals surface area contributed by atoms with Gasteiger partial charge in [-0.25, -0.2) is 0 Å². The van der Waals surface area contributed by atoms with Crippen LogP contribution in [-0.4, -0.2) is 61.8 Å². The number of morpholine rings is 1. The highest BCUT2D eigenvalue weighted by molar-refractivity contribution is 5.85. The molecule has 0 bridgehead atoms. The Morgan fingerprint density at radius 3 is 2.85 bits per heavy atom. The topological polar surface area (TPSA) is 53.6 Å². The van der Waals surface area contributed by atoms with E-state index in [9.17, 15) is 4.79 Å². The van der Waals surface area contributed by atoms with Crippen LogP contribution in [0.5, 0.6) is 0 Å². The predicted molar refractivity (Wildman–Crippen MR) is 85.0 cm³/mol. The number of hydrogen-bond acceptors (Lipinski definition) is 4. The quantitative estimate of drug-likeness (QED) is 0.805. The molecule has 120 valence electrons. The molecule has 1 unspecified atom stereocenters. The van der Waals surface area contributed by atoms with Crippen LogP contribution in [-0.2, 0) is 9.53 Å². The molecule has 1 amide bonds. The minimum absolute atomic E-state index is 0. The normalized spacial score (nSPS) is 30.8. The summed E-state index contributed by atoms with van der Waals surface area (Å²) < 4.78 is 5.51. The molecule has 5 nitrogen and oxygen atoms in total. The first-order valence-electron chi connectivity index (χ1n) is 7.08. The van der Waals surface area contributed by atoms with Gasteiger partial charge in [0.1, 0.15) is 6.04 Å². The molecule has 0 aromatic carbocycles. The highest BCUT2D eigenvalue weighted by atomic mass is 35.5. The number of amides is 1. The molecule has 2 heterocycles. The van der Waals surface area contributed by atoms with Crippen molar-refractivity contribution in [1.29, 1.82) is 0 Å². The summed E-state index contributed by atoms with van der Waals surface area (Å²) >= 11 is 0. The van der Waals surface area contributed by atoms with Crippen LogP contribution in [0.4, 0.5) is 0 Å². The van der Waals surface area contributed by atoms with Crippen LogP contribution >= 0.6 is 24.8 Å². The van der Waals surface area contributed by atoms with E-state index in [-0.39, 0.29) is 42.9 Å². The minimum atomic E-state index is -0.198. The zero-order valence-electron chi connectivity index (χ0n) is 12.3. The highest BCUT2D eigenvalue weighted by Crippen LogP contribution is 2.11. The number of likely N-dealkylation sites (N-methyl/N-ethyl adjacent to an activating group) is 1. The number of piperidine rings is 1. The van der Waals surface area contributed by atoms with Crippen LogP contribution in [0.1, 0.15) is 26.7 Å². The van der Waals surface area contributed by atoms with E-state index in [1.165, 1.54) is 6.42 Å². The number of rotatable bonds is 3. The van der Waals surface area contributed by atoms with Crippen LogP contribution in [0.3, 0.4) is 0 Å². The van der Waals surface area contributed by atoms with Gasteiger partial charge in [-0.1, -0.05) is 6.92 Å². The first-order valence-corrected chi connectivity index (χ1v) is 7.08. The van der Waals surface area contributed by atoms with Crippen molar-refractivity contribution in [3.63, 3.8) is 0 Å². The van der Waals surface area contributed by atoms with E-state index in [0.29, 0.717) is 12.6 Å². The molecular weight excluding hydrogens is 301 g/mol. The van der Waals surface area contributed by atoms with Gasteiger partial charge in [-0.3, -0.25) is 4.79 Å². The number of ether oxygens (including phenoxy) is 1. The SMILES string of the molecule is CCN1CCCC(NC(=O)[C@H]2NCCO[C@@H]2C)C1.Cl.Cl. The van der Waals surface area contributed by atoms with Gasteiger partial charge in [0.2, 0.25) is 5.91 Å². The molecule has 0 aromatic heterocycles. The maximum Gasteiger partial charge on any atom is 0.240 e. The van der Waals surface area contributed by atoms with Crippen molar-refractivity contribution in [1.82, 2.24) is 15.5 Å². The lowest BCUT2D eigenvalue weighted by Gasteiger charge is -2.35. The van der Waals surface area contributed by atoms with Crippen molar-refractivity contribution in [3.8, 4) is 0 Å². The van der Waals surface area contributed by atoms with Crippen LogP contribution in [0.25, 0.3) is 0 Å². The summed E-state index contributed by atoms with van der Waals surface area (Å²) in [6, 6.07) is 0.0953. The predicted octanol–water partition coefficient (Wildman–Crippen LogP) is 0.807. The van der Waals surface area contributed by atoms with Gasteiger partial charge in [0, 0.05) is 19.1 Å². The molecule has 2 saturated heterocycles. The third-order valence-corrected chi connectivity index (χ3v) is 3.90. The molecule has 0 spiro atoms. The van der Waals surface area contributed by atoms with E-state index in [4.69, 9.17) is 4.74 Å². The van der Waals surface area contributed by atoms with Crippen molar-refractivity contribution >= 4 is 30.7 Å². The fraction of sp³-hybridized carbons (Fsp3) is 0.923. The van der Waals surface area contributed by atoms with Crippen LogP contribution in [0, 0.1) is 0 Å². The highest BCUT2D eigenvalue weighted by Gasteiger charge is 2.30. The Hall–Kier alpha value is -0.0700. The zero-order valence-corrected chi connectivity index (χ0v) is 13.9. The van der Waals surface area contributed by atoms with Crippen LogP contribution in [0.2, 0.25) is 0 Å². The summed E-state index contributed by atoms with van der Waals surface area (Å²) in [7, 11) is 0. The summed E-state index contributed by atoms with van der Waals surface area (Å²) in [5.41, 5.74) is 0. The Morgan fingerprint density at radius 1 is 1.45 bits per heavy atom. The molecule has 7 heteroatoms. The van der Waals surface area contributed by atoms with E-state index >= 15 is 0 Å². The van der Waals surface area contributed by atoms with Gasteiger partial charge in [-0.2, -0.15) is 0 Å². The number of carbonyl (C=O) groups is 1. The lowest BCUT2D eigenvalue weighted by atomic mass is 10.0. The second-order valence-corrected chi connectivity index (χ2v) is 5.25. The monoisotopic (exact) mass is 327 g/mol. The maximum atomic E-state index is 12.2. The molecule has 2 N–H and O–H groups in total. The average molecular weight is 328 g/mol. The third kappa shape index (κ3) is 5.37. The number of hydrogen-bond donors (Lipinski definition) is 2. The van der Waals surface area contributed by atoms with Gasteiger partial charge in [0.05, 0.1) is 12.7 Å².